The number of benzene rings is 2. The van der Waals surface area contributed by atoms with E-state index < -0.39 is 57.9 Å². The number of amides is 1. The molecule has 0 spiro atoms. The number of rotatable bonds is 7. The third-order valence-electron chi connectivity index (χ3n) is 7.83. The van der Waals surface area contributed by atoms with Gasteiger partial charge in [0, 0.05) is 23.7 Å². The molecule has 10 nitrogen and oxygen atoms in total. The molecule has 3 N–H and O–H groups in total. The van der Waals surface area contributed by atoms with Gasteiger partial charge in [0.1, 0.15) is 17.1 Å². The first-order valence-electron chi connectivity index (χ1n) is 14.7. The number of sulfonamides is 1. The molecule has 1 amide bonds. The minimum Gasteiger partial charge on any atom is -0.465 e. The van der Waals surface area contributed by atoms with Crippen LogP contribution < -0.4 is 4.72 Å². The number of alkyl halides is 2. The highest BCUT2D eigenvalue weighted by molar-refractivity contribution is 7.92. The van der Waals surface area contributed by atoms with Crippen LogP contribution in [0.1, 0.15) is 56.6 Å². The van der Waals surface area contributed by atoms with Crippen LogP contribution in [0.25, 0.3) is 22.0 Å². The van der Waals surface area contributed by atoms with Crippen molar-refractivity contribution in [1.82, 2.24) is 19.7 Å². The molecule has 48 heavy (non-hydrogen) atoms. The highest BCUT2D eigenvalue weighted by Gasteiger charge is 2.55. The van der Waals surface area contributed by atoms with Crippen LogP contribution in [-0.4, -0.2) is 67.7 Å². The SMILES string of the molecule is Cn1nc(NS(C)(=O)=O)c2c(Cl)ccc(-c3ccc(C#CC4(O)CC(F)(F)C4)nc3[C@H](Cc3cccc(F)c3)N(C(=O)O)C(C)(C)C)c21. The molecule has 0 saturated heterocycles. The number of carbonyl (C=O) groups is 1. The van der Waals surface area contributed by atoms with Gasteiger partial charge in [0.2, 0.25) is 10.0 Å². The number of nitrogens with zero attached hydrogens (tertiary/aromatic N) is 4. The summed E-state index contributed by atoms with van der Waals surface area (Å²) in [6.07, 6.45) is -2.01. The Labute approximate surface area is 280 Å². The maximum absolute atomic E-state index is 14.4. The van der Waals surface area contributed by atoms with Crippen molar-refractivity contribution in [2.24, 2.45) is 7.05 Å². The van der Waals surface area contributed by atoms with E-state index in [4.69, 9.17) is 16.6 Å². The van der Waals surface area contributed by atoms with Gasteiger partial charge in [-0.3, -0.25) is 14.3 Å². The standard InChI is InChI=1S/C33H33ClF3N5O5S/c1-31(2,3)42(30(43)44)25(16-19-7-6-8-20(35)15-19)27-22(10-9-21(38-27)13-14-32(45)17-33(36,37)18-32)23-11-12-24(34)26-28(23)41(4)39-29(26)40-48(5,46)47/h6-12,15,25,45H,16-18H2,1-5H3,(H,39,40)(H,43,44)/t25-/m0/s1. The fraction of sp³-hybridized carbons (Fsp3) is 0.364. The average Bonchev–Trinajstić information content (AvgIpc) is 3.24. The Hall–Kier alpha value is -4.32. The Morgan fingerprint density at radius 3 is 2.42 bits per heavy atom. The zero-order chi connectivity index (χ0) is 35.4. The molecule has 5 rings (SSSR count). The second-order valence-electron chi connectivity index (χ2n) is 13.0. The second-order valence-corrected chi connectivity index (χ2v) is 15.1. The molecular formula is C33H33ClF3N5O5S. The average molecular weight is 704 g/mol. The summed E-state index contributed by atoms with van der Waals surface area (Å²) < 4.78 is 69.6. The van der Waals surface area contributed by atoms with E-state index in [0.717, 1.165) is 6.26 Å². The number of halogens is 4. The molecule has 4 aromatic rings. The van der Waals surface area contributed by atoms with E-state index in [1.165, 1.54) is 33.8 Å². The summed E-state index contributed by atoms with van der Waals surface area (Å²) >= 11 is 6.57. The second kappa shape index (κ2) is 12.3. The summed E-state index contributed by atoms with van der Waals surface area (Å²) in [7, 11) is -2.17. The Morgan fingerprint density at radius 2 is 1.83 bits per heavy atom. The molecule has 0 bridgehead atoms. The summed E-state index contributed by atoms with van der Waals surface area (Å²) in [6.45, 7) is 5.08. The summed E-state index contributed by atoms with van der Waals surface area (Å²) in [5, 5.41) is 25.9. The molecule has 1 saturated carbocycles. The highest BCUT2D eigenvalue weighted by atomic mass is 35.5. The lowest BCUT2D eigenvalue weighted by molar-refractivity contribution is -0.176. The summed E-state index contributed by atoms with van der Waals surface area (Å²) in [4.78, 5) is 18.9. The van der Waals surface area contributed by atoms with E-state index in [-0.39, 0.29) is 34.0 Å². The summed E-state index contributed by atoms with van der Waals surface area (Å²) in [5.41, 5.74) is -0.978. The van der Waals surface area contributed by atoms with Crippen LogP contribution in [0, 0.1) is 17.7 Å². The normalized spacial score (nSPS) is 16.0. The fourth-order valence-corrected chi connectivity index (χ4v) is 6.76. The number of anilines is 1. The first-order chi connectivity index (χ1) is 22.2. The molecule has 0 aliphatic heterocycles. The van der Waals surface area contributed by atoms with Crippen molar-refractivity contribution in [2.75, 3.05) is 11.0 Å². The molecule has 15 heteroatoms. The van der Waals surface area contributed by atoms with E-state index >= 15 is 0 Å². The number of aryl methyl sites for hydroxylation is 1. The van der Waals surface area contributed by atoms with E-state index in [9.17, 15) is 36.6 Å². The van der Waals surface area contributed by atoms with Crippen molar-refractivity contribution in [3.8, 4) is 23.0 Å². The molecule has 0 radical (unpaired) electrons. The van der Waals surface area contributed by atoms with Gasteiger partial charge in [-0.25, -0.2) is 31.4 Å². The molecular weight excluding hydrogens is 671 g/mol. The van der Waals surface area contributed by atoms with Gasteiger partial charge in [0.25, 0.3) is 5.92 Å². The number of nitrogens with one attached hydrogen (secondary N) is 1. The summed E-state index contributed by atoms with van der Waals surface area (Å²) in [6, 6.07) is 11.0. The van der Waals surface area contributed by atoms with Crippen molar-refractivity contribution in [3.63, 3.8) is 0 Å². The number of carboxylic acid groups (broad SMARTS) is 1. The van der Waals surface area contributed by atoms with Crippen molar-refractivity contribution < 1.29 is 36.6 Å². The molecule has 1 aliphatic carbocycles. The van der Waals surface area contributed by atoms with Gasteiger partial charge in [-0.2, -0.15) is 5.10 Å². The molecule has 1 atom stereocenters. The molecule has 1 fully saturated rings. The molecule has 1 aliphatic rings. The maximum atomic E-state index is 14.4. The van der Waals surface area contributed by atoms with E-state index in [2.05, 4.69) is 21.7 Å². The zero-order valence-corrected chi connectivity index (χ0v) is 28.2. The first-order valence-corrected chi connectivity index (χ1v) is 17.0. The molecule has 254 valence electrons. The van der Waals surface area contributed by atoms with Gasteiger partial charge >= 0.3 is 6.09 Å². The minimum absolute atomic E-state index is 0.0254. The number of aliphatic hydroxyl groups is 1. The quantitative estimate of drug-likeness (QED) is 0.190. The molecule has 2 aromatic carbocycles. The lowest BCUT2D eigenvalue weighted by atomic mass is 9.77. The topological polar surface area (TPSA) is 138 Å². The maximum Gasteiger partial charge on any atom is 0.408 e. The van der Waals surface area contributed by atoms with Gasteiger partial charge in [-0.05, 0) is 69.0 Å². The van der Waals surface area contributed by atoms with Crippen LogP contribution in [0.3, 0.4) is 0 Å². The summed E-state index contributed by atoms with van der Waals surface area (Å²) in [5.74, 6) is 1.58. The van der Waals surface area contributed by atoms with Crippen LogP contribution in [0.4, 0.5) is 23.8 Å². The van der Waals surface area contributed by atoms with E-state index in [0.29, 0.717) is 22.2 Å². The third-order valence-corrected chi connectivity index (χ3v) is 8.71. The largest absolute Gasteiger partial charge is 0.465 e. The van der Waals surface area contributed by atoms with Crippen LogP contribution in [0.2, 0.25) is 5.02 Å². The van der Waals surface area contributed by atoms with Crippen LogP contribution in [-0.2, 0) is 23.5 Å². The molecule has 2 aromatic heterocycles. The number of hydrogen-bond acceptors (Lipinski definition) is 6. The lowest BCUT2D eigenvalue weighted by Crippen LogP contribution is -2.50. The predicted octanol–water partition coefficient (Wildman–Crippen LogP) is 6.37. The van der Waals surface area contributed by atoms with Crippen LogP contribution >= 0.6 is 11.6 Å². The Morgan fingerprint density at radius 1 is 1.17 bits per heavy atom. The Kier molecular flexibility index (Phi) is 8.96. The zero-order valence-electron chi connectivity index (χ0n) is 26.6. The van der Waals surface area contributed by atoms with Gasteiger partial charge in [-0.15, -0.1) is 0 Å². The fourth-order valence-electron chi connectivity index (χ4n) is 6.03. The van der Waals surface area contributed by atoms with Gasteiger partial charge in [-0.1, -0.05) is 35.7 Å². The molecule has 0 unspecified atom stereocenters. The van der Waals surface area contributed by atoms with E-state index in [1.54, 1.807) is 52.1 Å². The van der Waals surface area contributed by atoms with Crippen molar-refractivity contribution in [3.05, 3.63) is 76.3 Å². The number of fused-ring (bicyclic) bond motifs is 1. The Balaban J connectivity index is 1.80. The minimum atomic E-state index is -3.76. The van der Waals surface area contributed by atoms with Gasteiger partial charge in [0.15, 0.2) is 5.82 Å². The lowest BCUT2D eigenvalue weighted by Gasteiger charge is -2.40. The van der Waals surface area contributed by atoms with Crippen LogP contribution in [0.15, 0.2) is 48.5 Å². The first kappa shape index (κ1) is 35.0. The van der Waals surface area contributed by atoms with E-state index in [1.807, 2.05) is 0 Å². The number of pyridine rings is 1. The van der Waals surface area contributed by atoms with Crippen molar-refractivity contribution >= 4 is 44.4 Å². The monoisotopic (exact) mass is 703 g/mol. The van der Waals surface area contributed by atoms with Gasteiger partial charge < -0.3 is 10.2 Å². The molecule has 2 heterocycles. The Bertz CT molecular complexity index is 2100. The predicted molar refractivity (Wildman–Crippen MR) is 176 cm³/mol. The van der Waals surface area contributed by atoms with Gasteiger partial charge in [0.05, 0.1) is 46.8 Å². The smallest absolute Gasteiger partial charge is 0.408 e. The van der Waals surface area contributed by atoms with Crippen molar-refractivity contribution in [2.45, 2.75) is 63.1 Å². The number of hydrogen-bond donors (Lipinski definition) is 3. The van der Waals surface area contributed by atoms with Crippen LogP contribution in [0.5, 0.6) is 0 Å². The highest BCUT2D eigenvalue weighted by Crippen LogP contribution is 2.45. The number of aromatic nitrogens is 3. The third kappa shape index (κ3) is 7.38. The van der Waals surface area contributed by atoms with Crippen molar-refractivity contribution in [1.29, 1.82) is 0 Å².